The summed E-state index contributed by atoms with van der Waals surface area (Å²) < 4.78 is 0. The second-order valence-electron chi connectivity index (χ2n) is 4.74. The van der Waals surface area contributed by atoms with Crippen molar-refractivity contribution in [1.82, 2.24) is 15.2 Å². The SMILES string of the molecule is CN=C(NCc1scnc1C)N(C)Cc1ccc(Cl)cc1. The molecule has 2 aromatic rings. The van der Waals surface area contributed by atoms with Gasteiger partial charge in [-0.1, -0.05) is 23.7 Å². The van der Waals surface area contributed by atoms with Gasteiger partial charge in [-0.3, -0.25) is 4.99 Å². The molecule has 0 amide bonds. The molecule has 0 unspecified atom stereocenters. The number of aromatic nitrogens is 1. The van der Waals surface area contributed by atoms with Gasteiger partial charge in [0.25, 0.3) is 0 Å². The highest BCUT2D eigenvalue weighted by molar-refractivity contribution is 7.09. The summed E-state index contributed by atoms with van der Waals surface area (Å²) in [6.45, 7) is 3.54. The van der Waals surface area contributed by atoms with Crippen LogP contribution < -0.4 is 5.32 Å². The van der Waals surface area contributed by atoms with Crippen molar-refractivity contribution in [2.75, 3.05) is 14.1 Å². The maximum absolute atomic E-state index is 5.91. The van der Waals surface area contributed by atoms with Gasteiger partial charge in [-0.2, -0.15) is 0 Å². The molecule has 0 aliphatic carbocycles. The van der Waals surface area contributed by atoms with E-state index in [-0.39, 0.29) is 0 Å². The molecule has 1 aromatic heterocycles. The minimum atomic E-state index is 0.744. The average Bonchev–Trinajstić information content (AvgIpc) is 2.88. The predicted octanol–water partition coefficient (Wildman–Crippen LogP) is 3.31. The molecule has 2 rings (SSSR count). The summed E-state index contributed by atoms with van der Waals surface area (Å²) in [5.74, 6) is 0.859. The third-order valence-electron chi connectivity index (χ3n) is 3.16. The zero-order chi connectivity index (χ0) is 15.2. The molecule has 1 aromatic carbocycles. The van der Waals surface area contributed by atoms with Crippen molar-refractivity contribution in [1.29, 1.82) is 0 Å². The molecular formula is C15H19ClN4S. The van der Waals surface area contributed by atoms with Gasteiger partial charge < -0.3 is 10.2 Å². The van der Waals surface area contributed by atoms with Crippen LogP contribution in [0, 0.1) is 6.92 Å². The molecule has 0 atom stereocenters. The third kappa shape index (κ3) is 4.44. The number of rotatable bonds is 4. The molecule has 4 nitrogen and oxygen atoms in total. The lowest BCUT2D eigenvalue weighted by molar-refractivity contribution is 0.477. The highest BCUT2D eigenvalue weighted by Crippen LogP contribution is 2.13. The van der Waals surface area contributed by atoms with Gasteiger partial charge in [-0.25, -0.2) is 4.98 Å². The number of thiazole rings is 1. The fourth-order valence-electron chi connectivity index (χ4n) is 1.98. The molecule has 0 aliphatic heterocycles. The number of nitrogens with zero attached hydrogens (tertiary/aromatic N) is 3. The van der Waals surface area contributed by atoms with E-state index in [1.54, 1.807) is 18.4 Å². The molecule has 21 heavy (non-hydrogen) atoms. The van der Waals surface area contributed by atoms with Crippen molar-refractivity contribution < 1.29 is 0 Å². The summed E-state index contributed by atoms with van der Waals surface area (Å²) in [6, 6.07) is 7.86. The van der Waals surface area contributed by atoms with Crippen LogP contribution in [0.1, 0.15) is 16.1 Å². The Morgan fingerprint density at radius 1 is 1.38 bits per heavy atom. The molecule has 0 spiro atoms. The van der Waals surface area contributed by atoms with E-state index >= 15 is 0 Å². The first-order valence-corrected chi connectivity index (χ1v) is 7.91. The van der Waals surface area contributed by atoms with Crippen LogP contribution in [0.4, 0.5) is 0 Å². The van der Waals surface area contributed by atoms with Crippen LogP contribution in [0.25, 0.3) is 0 Å². The van der Waals surface area contributed by atoms with E-state index in [2.05, 4.69) is 20.2 Å². The number of hydrogen-bond acceptors (Lipinski definition) is 3. The summed E-state index contributed by atoms with van der Waals surface area (Å²) in [6.07, 6.45) is 0. The van der Waals surface area contributed by atoms with Gasteiger partial charge in [0.1, 0.15) is 0 Å². The molecule has 1 N–H and O–H groups in total. The number of halogens is 1. The van der Waals surface area contributed by atoms with Crippen molar-refractivity contribution in [2.45, 2.75) is 20.0 Å². The minimum Gasteiger partial charge on any atom is -0.351 e. The normalized spacial score (nSPS) is 11.5. The van der Waals surface area contributed by atoms with Crippen molar-refractivity contribution in [3.63, 3.8) is 0 Å². The molecule has 112 valence electrons. The molecule has 0 bridgehead atoms. The first-order chi connectivity index (χ1) is 10.1. The maximum atomic E-state index is 5.91. The Labute approximate surface area is 134 Å². The monoisotopic (exact) mass is 322 g/mol. The van der Waals surface area contributed by atoms with Crippen molar-refractivity contribution >= 4 is 28.9 Å². The lowest BCUT2D eigenvalue weighted by Crippen LogP contribution is -2.38. The van der Waals surface area contributed by atoms with Crippen LogP contribution >= 0.6 is 22.9 Å². The summed E-state index contributed by atoms with van der Waals surface area (Å²) in [4.78, 5) is 11.9. The Morgan fingerprint density at radius 3 is 2.67 bits per heavy atom. The van der Waals surface area contributed by atoms with Crippen molar-refractivity contribution in [3.8, 4) is 0 Å². The molecular weight excluding hydrogens is 304 g/mol. The molecule has 0 radical (unpaired) electrons. The number of benzene rings is 1. The minimum absolute atomic E-state index is 0.744. The second-order valence-corrected chi connectivity index (χ2v) is 6.12. The summed E-state index contributed by atoms with van der Waals surface area (Å²) in [5.41, 5.74) is 4.13. The van der Waals surface area contributed by atoms with Gasteiger partial charge in [-0.05, 0) is 24.6 Å². The average molecular weight is 323 g/mol. The van der Waals surface area contributed by atoms with Crippen LogP contribution in [0.5, 0.6) is 0 Å². The van der Waals surface area contributed by atoms with E-state index in [0.29, 0.717) is 0 Å². The van der Waals surface area contributed by atoms with Gasteiger partial charge in [0.15, 0.2) is 5.96 Å². The number of aliphatic imine (C=N–C) groups is 1. The standard InChI is InChI=1S/C15H19ClN4S/c1-11-14(21-10-19-11)8-18-15(17-2)20(3)9-12-4-6-13(16)7-5-12/h4-7,10H,8-9H2,1-3H3,(H,17,18). The highest BCUT2D eigenvalue weighted by Gasteiger charge is 2.08. The van der Waals surface area contributed by atoms with Crippen LogP contribution in [0.15, 0.2) is 34.8 Å². The zero-order valence-electron chi connectivity index (χ0n) is 12.4. The number of hydrogen-bond donors (Lipinski definition) is 1. The lowest BCUT2D eigenvalue weighted by atomic mass is 10.2. The fraction of sp³-hybridized carbons (Fsp3) is 0.333. The van der Waals surface area contributed by atoms with Crippen molar-refractivity contribution in [2.24, 2.45) is 4.99 Å². The maximum Gasteiger partial charge on any atom is 0.193 e. The lowest BCUT2D eigenvalue weighted by Gasteiger charge is -2.22. The molecule has 0 aliphatic rings. The third-order valence-corrected chi connectivity index (χ3v) is 4.35. The smallest absolute Gasteiger partial charge is 0.193 e. The van der Waals surface area contributed by atoms with Gasteiger partial charge in [0.2, 0.25) is 0 Å². The topological polar surface area (TPSA) is 40.5 Å². The highest BCUT2D eigenvalue weighted by atomic mass is 35.5. The summed E-state index contributed by atoms with van der Waals surface area (Å²) in [7, 11) is 3.81. The molecule has 0 saturated carbocycles. The first-order valence-electron chi connectivity index (χ1n) is 6.65. The van der Waals surface area contributed by atoms with E-state index in [4.69, 9.17) is 11.6 Å². The van der Waals surface area contributed by atoms with Crippen LogP contribution in [0.2, 0.25) is 5.02 Å². The molecule has 1 heterocycles. The Balaban J connectivity index is 1.94. The van der Waals surface area contributed by atoms with Crippen LogP contribution in [-0.2, 0) is 13.1 Å². The number of guanidine groups is 1. The van der Waals surface area contributed by atoms with E-state index in [0.717, 1.165) is 29.8 Å². The predicted molar refractivity (Wildman–Crippen MR) is 90.0 cm³/mol. The Kier molecular flexibility index (Phi) is 5.59. The summed E-state index contributed by atoms with van der Waals surface area (Å²) >= 11 is 7.56. The quantitative estimate of drug-likeness (QED) is 0.693. The first kappa shape index (κ1) is 15.8. The van der Waals surface area contributed by atoms with Crippen molar-refractivity contribution in [3.05, 3.63) is 50.9 Å². The van der Waals surface area contributed by atoms with E-state index in [9.17, 15) is 0 Å². The Bertz CT molecular complexity index is 606. The Morgan fingerprint density at radius 2 is 2.10 bits per heavy atom. The Hall–Kier alpha value is -1.59. The number of nitrogens with one attached hydrogen (secondary N) is 1. The second kappa shape index (κ2) is 7.43. The molecule has 0 saturated heterocycles. The van der Waals surface area contributed by atoms with E-state index in [1.807, 2.05) is 43.7 Å². The van der Waals surface area contributed by atoms with Crippen LogP contribution in [-0.4, -0.2) is 29.9 Å². The van der Waals surface area contributed by atoms with Crippen LogP contribution in [0.3, 0.4) is 0 Å². The molecule has 6 heteroatoms. The molecule has 0 fully saturated rings. The number of aryl methyl sites for hydroxylation is 1. The van der Waals surface area contributed by atoms with Gasteiger partial charge in [0.05, 0.1) is 17.7 Å². The van der Waals surface area contributed by atoms with E-state index < -0.39 is 0 Å². The zero-order valence-corrected chi connectivity index (χ0v) is 14.0. The van der Waals surface area contributed by atoms with Gasteiger partial charge >= 0.3 is 0 Å². The van der Waals surface area contributed by atoms with E-state index in [1.165, 1.54) is 10.4 Å². The van der Waals surface area contributed by atoms with Gasteiger partial charge in [0, 0.05) is 30.5 Å². The summed E-state index contributed by atoms with van der Waals surface area (Å²) in [5, 5.41) is 4.12. The fourth-order valence-corrected chi connectivity index (χ4v) is 2.82. The van der Waals surface area contributed by atoms with Gasteiger partial charge in [-0.15, -0.1) is 11.3 Å². The largest absolute Gasteiger partial charge is 0.351 e.